The SMILES string of the molecule is COc1cc(C(C)C)c(Oc2cnc(C)nc2N)cc1-n1cccc1. The van der Waals surface area contributed by atoms with Gasteiger partial charge in [0.2, 0.25) is 0 Å². The number of ether oxygens (including phenoxy) is 2. The summed E-state index contributed by atoms with van der Waals surface area (Å²) in [6, 6.07) is 7.87. The Kier molecular flexibility index (Phi) is 4.61. The minimum Gasteiger partial charge on any atom is -0.495 e. The lowest BCUT2D eigenvalue weighted by Gasteiger charge is -2.19. The quantitative estimate of drug-likeness (QED) is 0.758. The Balaban J connectivity index is 2.11. The second-order valence-electron chi connectivity index (χ2n) is 6.08. The van der Waals surface area contributed by atoms with Gasteiger partial charge >= 0.3 is 0 Å². The minimum absolute atomic E-state index is 0.246. The largest absolute Gasteiger partial charge is 0.495 e. The van der Waals surface area contributed by atoms with Crippen molar-refractivity contribution < 1.29 is 9.47 Å². The molecule has 3 aromatic rings. The number of aromatic nitrogens is 3. The number of nitrogen functional groups attached to an aromatic ring is 1. The van der Waals surface area contributed by atoms with Gasteiger partial charge < -0.3 is 19.8 Å². The first kappa shape index (κ1) is 16.8. The highest BCUT2D eigenvalue weighted by Gasteiger charge is 2.17. The Hall–Kier alpha value is -3.02. The molecule has 0 radical (unpaired) electrons. The van der Waals surface area contributed by atoms with Gasteiger partial charge in [-0.3, -0.25) is 0 Å². The maximum Gasteiger partial charge on any atom is 0.187 e. The van der Waals surface area contributed by atoms with Crippen LogP contribution in [0.15, 0.2) is 42.9 Å². The van der Waals surface area contributed by atoms with E-state index in [9.17, 15) is 0 Å². The molecular formula is C19H22N4O2. The number of nitrogens with zero attached hydrogens (tertiary/aromatic N) is 3. The fourth-order valence-electron chi connectivity index (χ4n) is 2.64. The van der Waals surface area contributed by atoms with Gasteiger partial charge in [0, 0.05) is 24.0 Å². The van der Waals surface area contributed by atoms with Crippen LogP contribution >= 0.6 is 0 Å². The van der Waals surface area contributed by atoms with E-state index in [1.54, 1.807) is 20.2 Å². The van der Waals surface area contributed by atoms with Gasteiger partial charge in [0.15, 0.2) is 11.6 Å². The first-order valence-corrected chi connectivity index (χ1v) is 8.12. The number of methoxy groups -OCH3 is 1. The predicted molar refractivity (Wildman–Crippen MR) is 97.7 cm³/mol. The van der Waals surface area contributed by atoms with Gasteiger partial charge in [0.05, 0.1) is 19.0 Å². The molecule has 1 aromatic carbocycles. The first-order valence-electron chi connectivity index (χ1n) is 8.12. The van der Waals surface area contributed by atoms with Gasteiger partial charge in [-0.15, -0.1) is 0 Å². The molecule has 6 nitrogen and oxygen atoms in total. The minimum atomic E-state index is 0.246. The average Bonchev–Trinajstić information content (AvgIpc) is 3.11. The summed E-state index contributed by atoms with van der Waals surface area (Å²) in [4.78, 5) is 8.33. The van der Waals surface area contributed by atoms with Crippen molar-refractivity contribution in [2.75, 3.05) is 12.8 Å². The third-order valence-corrected chi connectivity index (χ3v) is 3.94. The van der Waals surface area contributed by atoms with Crippen molar-refractivity contribution in [3.8, 4) is 22.9 Å². The van der Waals surface area contributed by atoms with E-state index >= 15 is 0 Å². The van der Waals surface area contributed by atoms with Gasteiger partial charge in [-0.05, 0) is 31.0 Å². The Morgan fingerprint density at radius 1 is 1.08 bits per heavy atom. The van der Waals surface area contributed by atoms with Crippen molar-refractivity contribution in [1.82, 2.24) is 14.5 Å². The summed E-state index contributed by atoms with van der Waals surface area (Å²) in [5.74, 6) is 3.10. The Bertz CT molecular complexity index is 873. The van der Waals surface area contributed by atoms with Gasteiger partial charge in [-0.25, -0.2) is 9.97 Å². The third kappa shape index (κ3) is 3.42. The number of anilines is 1. The molecular weight excluding hydrogens is 316 g/mol. The zero-order valence-electron chi connectivity index (χ0n) is 14.9. The predicted octanol–water partition coefficient (Wildman–Crippen LogP) is 4.08. The fourth-order valence-corrected chi connectivity index (χ4v) is 2.64. The van der Waals surface area contributed by atoms with Crippen LogP contribution in [0.4, 0.5) is 5.82 Å². The van der Waals surface area contributed by atoms with Crippen LogP contribution in [0, 0.1) is 6.92 Å². The Morgan fingerprint density at radius 2 is 1.80 bits per heavy atom. The second kappa shape index (κ2) is 6.84. The van der Waals surface area contributed by atoms with Crippen molar-refractivity contribution in [2.45, 2.75) is 26.7 Å². The summed E-state index contributed by atoms with van der Waals surface area (Å²) in [6.07, 6.45) is 5.52. The molecule has 0 aliphatic carbocycles. The van der Waals surface area contributed by atoms with Gasteiger partial charge in [0.1, 0.15) is 17.3 Å². The van der Waals surface area contributed by atoms with Crippen LogP contribution in [-0.2, 0) is 0 Å². The number of hydrogen-bond acceptors (Lipinski definition) is 5. The van der Waals surface area contributed by atoms with Crippen LogP contribution in [0.1, 0.15) is 31.2 Å². The standard InChI is InChI=1S/C19H22N4O2/c1-12(2)14-9-17(24-4)15(23-7-5-6-8-23)10-16(14)25-18-11-21-13(3)22-19(18)20/h5-12H,1-4H3,(H2,20,21,22). The summed E-state index contributed by atoms with van der Waals surface area (Å²) < 4.78 is 13.6. The molecule has 6 heteroatoms. The molecule has 0 aliphatic heterocycles. The zero-order chi connectivity index (χ0) is 18.0. The van der Waals surface area contributed by atoms with Crippen molar-refractivity contribution >= 4 is 5.82 Å². The third-order valence-electron chi connectivity index (χ3n) is 3.94. The molecule has 25 heavy (non-hydrogen) atoms. The van der Waals surface area contributed by atoms with Crippen LogP contribution in [0.2, 0.25) is 0 Å². The van der Waals surface area contributed by atoms with Crippen LogP contribution in [0.3, 0.4) is 0 Å². The van der Waals surface area contributed by atoms with Gasteiger partial charge in [-0.2, -0.15) is 0 Å². The molecule has 2 aromatic heterocycles. The van der Waals surface area contributed by atoms with Crippen LogP contribution in [-0.4, -0.2) is 21.6 Å². The molecule has 130 valence electrons. The van der Waals surface area contributed by atoms with Gasteiger partial charge in [0.25, 0.3) is 0 Å². The molecule has 0 atom stereocenters. The number of aryl methyl sites for hydroxylation is 1. The van der Waals surface area contributed by atoms with Gasteiger partial charge in [-0.1, -0.05) is 13.8 Å². The summed E-state index contributed by atoms with van der Waals surface area (Å²) in [5.41, 5.74) is 7.89. The highest BCUT2D eigenvalue weighted by Crippen LogP contribution is 2.38. The Morgan fingerprint density at radius 3 is 2.40 bits per heavy atom. The lowest BCUT2D eigenvalue weighted by molar-refractivity contribution is 0.409. The van der Waals surface area contributed by atoms with E-state index in [-0.39, 0.29) is 5.92 Å². The molecule has 2 N–H and O–H groups in total. The van der Waals surface area contributed by atoms with Crippen molar-refractivity contribution in [2.24, 2.45) is 0 Å². The molecule has 0 unspecified atom stereocenters. The second-order valence-corrected chi connectivity index (χ2v) is 6.08. The number of benzene rings is 1. The number of nitrogens with two attached hydrogens (primary N) is 1. The van der Waals surface area contributed by atoms with E-state index in [4.69, 9.17) is 15.2 Å². The molecule has 0 fully saturated rings. The molecule has 0 spiro atoms. The normalized spacial score (nSPS) is 10.9. The molecule has 2 heterocycles. The maximum absolute atomic E-state index is 6.08. The molecule has 0 saturated carbocycles. The van der Waals surface area contributed by atoms with E-state index in [1.165, 1.54) is 0 Å². The summed E-state index contributed by atoms with van der Waals surface area (Å²) in [7, 11) is 1.67. The van der Waals surface area contributed by atoms with E-state index < -0.39 is 0 Å². The number of rotatable bonds is 5. The zero-order valence-corrected chi connectivity index (χ0v) is 14.9. The molecule has 3 rings (SSSR count). The molecule has 0 amide bonds. The van der Waals surface area contributed by atoms with E-state index in [2.05, 4.69) is 23.8 Å². The summed E-state index contributed by atoms with van der Waals surface area (Å²) in [6.45, 7) is 6.00. The smallest absolute Gasteiger partial charge is 0.187 e. The first-order chi connectivity index (χ1) is 12.0. The van der Waals surface area contributed by atoms with E-state index in [0.717, 1.165) is 17.0 Å². The monoisotopic (exact) mass is 338 g/mol. The molecule has 0 bridgehead atoms. The van der Waals surface area contributed by atoms with Crippen molar-refractivity contribution in [3.63, 3.8) is 0 Å². The van der Waals surface area contributed by atoms with Crippen molar-refractivity contribution in [1.29, 1.82) is 0 Å². The summed E-state index contributed by atoms with van der Waals surface area (Å²) in [5, 5.41) is 0. The average molecular weight is 338 g/mol. The maximum atomic E-state index is 6.08. The topological polar surface area (TPSA) is 75.2 Å². The van der Waals surface area contributed by atoms with Crippen LogP contribution in [0.5, 0.6) is 17.2 Å². The summed E-state index contributed by atoms with van der Waals surface area (Å²) >= 11 is 0. The van der Waals surface area contributed by atoms with Crippen LogP contribution in [0.25, 0.3) is 5.69 Å². The lowest BCUT2D eigenvalue weighted by Crippen LogP contribution is -2.03. The highest BCUT2D eigenvalue weighted by molar-refractivity contribution is 5.58. The Labute approximate surface area is 147 Å². The highest BCUT2D eigenvalue weighted by atomic mass is 16.5. The van der Waals surface area contributed by atoms with Crippen LogP contribution < -0.4 is 15.2 Å². The fraction of sp³-hybridized carbons (Fsp3) is 0.263. The van der Waals surface area contributed by atoms with E-state index in [0.29, 0.717) is 23.1 Å². The number of hydrogen-bond donors (Lipinski definition) is 1. The van der Waals surface area contributed by atoms with E-state index in [1.807, 2.05) is 41.2 Å². The van der Waals surface area contributed by atoms with Crippen molar-refractivity contribution in [3.05, 3.63) is 54.2 Å². The molecule has 0 aliphatic rings. The lowest BCUT2D eigenvalue weighted by atomic mass is 10.0. The molecule has 0 saturated heterocycles.